The van der Waals surface area contributed by atoms with Gasteiger partial charge in [0, 0.05) is 20.0 Å². The summed E-state index contributed by atoms with van der Waals surface area (Å²) in [7, 11) is 0. The van der Waals surface area contributed by atoms with Crippen LogP contribution in [0.4, 0.5) is 20.6 Å². The predicted molar refractivity (Wildman–Crippen MR) is 96.7 cm³/mol. The monoisotopic (exact) mass is 365 g/mol. The molecule has 2 fully saturated rings. The quantitative estimate of drug-likeness (QED) is 0.830. The molecule has 0 bridgehead atoms. The first-order valence-corrected chi connectivity index (χ1v) is 8.63. The van der Waals surface area contributed by atoms with Crippen LogP contribution < -0.4 is 15.1 Å². The Hall–Kier alpha value is -2.22. The molecule has 0 radical (unpaired) electrons. The Morgan fingerprint density at radius 2 is 2.12 bits per heavy atom. The van der Waals surface area contributed by atoms with Gasteiger partial charge < -0.3 is 15.0 Å². The van der Waals surface area contributed by atoms with E-state index in [2.05, 4.69) is 5.32 Å². The molecule has 0 spiro atoms. The maximum atomic E-state index is 14.6. The van der Waals surface area contributed by atoms with Gasteiger partial charge in [-0.3, -0.25) is 9.69 Å². The second-order valence-corrected chi connectivity index (χ2v) is 6.79. The minimum Gasteiger partial charge on any atom is -0.442 e. The zero-order chi connectivity index (χ0) is 18.0. The summed E-state index contributed by atoms with van der Waals surface area (Å²) in [5, 5.41) is 2.61. The van der Waals surface area contributed by atoms with E-state index in [1.54, 1.807) is 12.1 Å². The first-order chi connectivity index (χ1) is 11.9. The van der Waals surface area contributed by atoms with Crippen LogP contribution in [-0.4, -0.2) is 49.1 Å². The third kappa shape index (κ3) is 4.07. The molecular weight excluding hydrogens is 345 g/mol. The number of amides is 2. The molecular formula is C17H20FN3O3S. The highest BCUT2D eigenvalue weighted by molar-refractivity contribution is 7.80. The molecule has 6 nitrogen and oxygen atoms in total. The lowest BCUT2D eigenvalue weighted by Crippen LogP contribution is -2.34. The van der Waals surface area contributed by atoms with Gasteiger partial charge in [-0.2, -0.15) is 0 Å². The molecule has 2 heterocycles. The number of hydrogen-bond acceptors (Lipinski definition) is 5. The van der Waals surface area contributed by atoms with Crippen LogP contribution in [-0.2, 0) is 9.53 Å². The van der Waals surface area contributed by atoms with Gasteiger partial charge in [-0.25, -0.2) is 9.18 Å². The molecule has 1 unspecified atom stereocenters. The molecule has 0 saturated carbocycles. The fourth-order valence-electron chi connectivity index (χ4n) is 3.01. The Morgan fingerprint density at radius 3 is 2.76 bits per heavy atom. The van der Waals surface area contributed by atoms with Gasteiger partial charge >= 0.3 is 6.09 Å². The summed E-state index contributed by atoms with van der Waals surface area (Å²) in [4.78, 5) is 27.3. The molecule has 3 rings (SSSR count). The van der Waals surface area contributed by atoms with Crippen molar-refractivity contribution in [2.45, 2.75) is 25.9 Å². The lowest BCUT2D eigenvalue weighted by atomic mass is 10.1. The highest BCUT2D eigenvalue weighted by atomic mass is 32.1. The second kappa shape index (κ2) is 7.35. The van der Waals surface area contributed by atoms with Crippen molar-refractivity contribution >= 4 is 40.5 Å². The third-order valence-electron chi connectivity index (χ3n) is 4.36. The molecule has 2 aliphatic heterocycles. The SMILES string of the molecule is CC(=O)NCC1CN(c2ccc(N3CCC(=S)CC3)c(F)c2)C(=O)O1. The summed E-state index contributed by atoms with van der Waals surface area (Å²) in [5.74, 6) is -0.561. The number of nitrogens with zero attached hydrogens (tertiary/aromatic N) is 2. The summed E-state index contributed by atoms with van der Waals surface area (Å²) in [6.07, 6.45) is 0.604. The van der Waals surface area contributed by atoms with E-state index in [4.69, 9.17) is 17.0 Å². The van der Waals surface area contributed by atoms with Gasteiger partial charge in [0.1, 0.15) is 11.9 Å². The number of piperidine rings is 1. The number of ether oxygens (including phenoxy) is 1. The van der Waals surface area contributed by atoms with Gasteiger partial charge in [0.15, 0.2) is 0 Å². The topological polar surface area (TPSA) is 61.9 Å². The van der Waals surface area contributed by atoms with Gasteiger partial charge in [0.05, 0.1) is 24.5 Å². The van der Waals surface area contributed by atoms with Crippen LogP contribution in [0.3, 0.4) is 0 Å². The van der Waals surface area contributed by atoms with Gasteiger partial charge in [0.2, 0.25) is 5.91 Å². The number of nitrogens with one attached hydrogen (secondary N) is 1. The summed E-state index contributed by atoms with van der Waals surface area (Å²) < 4.78 is 19.8. The van der Waals surface area contributed by atoms with Crippen LogP contribution in [0.15, 0.2) is 18.2 Å². The molecule has 0 aliphatic carbocycles. The molecule has 1 atom stereocenters. The average molecular weight is 365 g/mol. The van der Waals surface area contributed by atoms with Crippen LogP contribution >= 0.6 is 12.2 Å². The van der Waals surface area contributed by atoms with E-state index in [1.807, 2.05) is 4.90 Å². The fourth-order valence-corrected chi connectivity index (χ4v) is 3.20. The lowest BCUT2D eigenvalue weighted by Gasteiger charge is -2.30. The molecule has 8 heteroatoms. The Kier molecular flexibility index (Phi) is 5.17. The van der Waals surface area contributed by atoms with Crippen molar-refractivity contribution in [3.63, 3.8) is 0 Å². The van der Waals surface area contributed by atoms with Crippen LogP contribution in [0.25, 0.3) is 0 Å². The number of thiocarbonyl (C=S) groups is 1. The van der Waals surface area contributed by atoms with Crippen molar-refractivity contribution in [1.82, 2.24) is 5.32 Å². The second-order valence-electron chi connectivity index (χ2n) is 6.21. The first-order valence-electron chi connectivity index (χ1n) is 8.23. The third-order valence-corrected chi connectivity index (χ3v) is 4.77. The number of benzene rings is 1. The Morgan fingerprint density at radius 1 is 1.40 bits per heavy atom. The van der Waals surface area contributed by atoms with E-state index < -0.39 is 12.2 Å². The summed E-state index contributed by atoms with van der Waals surface area (Å²) in [6.45, 7) is 3.33. The van der Waals surface area contributed by atoms with Crippen LogP contribution in [0.1, 0.15) is 19.8 Å². The van der Waals surface area contributed by atoms with E-state index in [-0.39, 0.29) is 24.8 Å². The van der Waals surface area contributed by atoms with Crippen LogP contribution in [0, 0.1) is 5.82 Å². The Bertz CT molecular complexity index is 702. The van der Waals surface area contributed by atoms with Gasteiger partial charge in [-0.15, -0.1) is 0 Å². The predicted octanol–water partition coefficient (Wildman–Crippen LogP) is 2.26. The number of rotatable bonds is 4. The van der Waals surface area contributed by atoms with Crippen molar-refractivity contribution < 1.29 is 18.7 Å². The molecule has 0 aromatic heterocycles. The van der Waals surface area contributed by atoms with Gasteiger partial charge in [-0.1, -0.05) is 12.2 Å². The Balaban J connectivity index is 1.69. The lowest BCUT2D eigenvalue weighted by molar-refractivity contribution is -0.119. The van der Waals surface area contributed by atoms with Crippen molar-refractivity contribution in [3.05, 3.63) is 24.0 Å². The summed E-state index contributed by atoms with van der Waals surface area (Å²) >= 11 is 5.19. The van der Waals surface area contributed by atoms with E-state index in [9.17, 15) is 14.0 Å². The van der Waals surface area contributed by atoms with E-state index in [0.29, 0.717) is 24.5 Å². The van der Waals surface area contributed by atoms with Crippen LogP contribution in [0.2, 0.25) is 0 Å². The summed E-state index contributed by atoms with van der Waals surface area (Å²) in [5.41, 5.74) is 0.970. The van der Waals surface area contributed by atoms with Crippen molar-refractivity contribution in [2.24, 2.45) is 0 Å². The minimum atomic E-state index is -0.536. The molecule has 1 N–H and O–H groups in total. The number of carbonyl (C=O) groups excluding carboxylic acids is 2. The summed E-state index contributed by atoms with van der Waals surface area (Å²) in [6, 6.07) is 4.76. The fraction of sp³-hybridized carbons (Fsp3) is 0.471. The zero-order valence-corrected chi connectivity index (χ0v) is 14.8. The highest BCUT2D eigenvalue weighted by Crippen LogP contribution is 2.29. The molecule has 1 aromatic carbocycles. The minimum absolute atomic E-state index is 0.189. The number of halogens is 1. The number of carbonyl (C=O) groups is 2. The smallest absolute Gasteiger partial charge is 0.414 e. The van der Waals surface area contributed by atoms with Gasteiger partial charge in [0.25, 0.3) is 0 Å². The number of cyclic esters (lactones) is 1. The maximum Gasteiger partial charge on any atom is 0.414 e. The molecule has 2 aliphatic rings. The standard InChI is InChI=1S/C17H20FN3O3S/c1-11(22)19-9-13-10-21(17(23)24-13)12-2-3-16(15(18)8-12)20-6-4-14(25)5-7-20/h2-3,8,13H,4-7,9-10H2,1H3,(H,19,22). The number of anilines is 2. The van der Waals surface area contributed by atoms with Crippen molar-refractivity contribution in [1.29, 1.82) is 0 Å². The highest BCUT2D eigenvalue weighted by Gasteiger charge is 2.33. The van der Waals surface area contributed by atoms with E-state index in [1.165, 1.54) is 17.9 Å². The zero-order valence-electron chi connectivity index (χ0n) is 14.0. The molecule has 25 heavy (non-hydrogen) atoms. The molecule has 134 valence electrons. The number of hydrogen-bond donors (Lipinski definition) is 1. The Labute approximate surface area is 150 Å². The normalized spacial score (nSPS) is 20.6. The first kappa shape index (κ1) is 17.6. The van der Waals surface area contributed by atoms with E-state index >= 15 is 0 Å². The average Bonchev–Trinajstić information content (AvgIpc) is 2.95. The largest absolute Gasteiger partial charge is 0.442 e. The van der Waals surface area contributed by atoms with Crippen molar-refractivity contribution in [3.8, 4) is 0 Å². The van der Waals surface area contributed by atoms with Gasteiger partial charge in [-0.05, 0) is 35.9 Å². The van der Waals surface area contributed by atoms with Crippen molar-refractivity contribution in [2.75, 3.05) is 36.0 Å². The molecule has 2 saturated heterocycles. The maximum absolute atomic E-state index is 14.6. The molecule has 2 amide bonds. The van der Waals surface area contributed by atoms with Crippen LogP contribution in [0.5, 0.6) is 0 Å². The molecule has 1 aromatic rings. The van der Waals surface area contributed by atoms with E-state index in [0.717, 1.165) is 17.7 Å².